The molecule has 12 nitrogen and oxygen atoms in total. The Morgan fingerprint density at radius 2 is 1.88 bits per heavy atom. The number of carbonyl (C=O) groups is 2. The molecule has 0 spiro atoms. The van der Waals surface area contributed by atoms with E-state index in [0.717, 1.165) is 4.68 Å². The van der Waals surface area contributed by atoms with Crippen molar-refractivity contribution in [2.75, 3.05) is 38.4 Å². The lowest BCUT2D eigenvalue weighted by molar-refractivity contribution is -0.111. The summed E-state index contributed by atoms with van der Waals surface area (Å²) in [5, 5.41) is 10.3. The maximum Gasteiger partial charge on any atom is 0.435 e. The van der Waals surface area contributed by atoms with E-state index in [1.54, 1.807) is 39.0 Å². The molecule has 0 saturated heterocycles. The van der Waals surface area contributed by atoms with Crippen molar-refractivity contribution in [1.29, 1.82) is 0 Å². The number of benzene rings is 2. The molecular weight excluding hydrogens is 545 g/mol. The number of rotatable bonds is 9. The first kappa shape index (κ1) is 29.9. The van der Waals surface area contributed by atoms with Crippen molar-refractivity contribution in [1.82, 2.24) is 24.6 Å². The van der Waals surface area contributed by atoms with Gasteiger partial charge in [-0.15, -0.1) is 5.10 Å². The van der Waals surface area contributed by atoms with E-state index in [1.165, 1.54) is 50.0 Å². The number of aromatic nitrogens is 4. The summed E-state index contributed by atoms with van der Waals surface area (Å²) in [6.45, 7) is 5.84. The number of amides is 1. The lowest BCUT2D eigenvalue weighted by Crippen LogP contribution is -2.27. The van der Waals surface area contributed by atoms with Gasteiger partial charge in [0.1, 0.15) is 35.1 Å². The molecule has 2 aromatic carbocycles. The molecule has 0 radical (unpaired) electrons. The first-order valence-corrected chi connectivity index (χ1v) is 12.9. The van der Waals surface area contributed by atoms with Crippen LogP contribution in [0.5, 0.6) is 17.4 Å². The third kappa shape index (κ3) is 7.79. The van der Waals surface area contributed by atoms with Crippen molar-refractivity contribution in [2.45, 2.75) is 26.4 Å². The maximum absolute atomic E-state index is 15.1. The Morgan fingerprint density at radius 3 is 2.57 bits per heavy atom. The van der Waals surface area contributed by atoms with Gasteiger partial charge in [0.2, 0.25) is 11.8 Å². The van der Waals surface area contributed by atoms with Crippen LogP contribution < -0.4 is 20.1 Å². The minimum atomic E-state index is -0.685. The monoisotopic (exact) mass is 577 g/mol. The van der Waals surface area contributed by atoms with Gasteiger partial charge in [0.15, 0.2) is 0 Å². The molecule has 13 heteroatoms. The molecule has 4 rings (SSSR count). The average Bonchev–Trinajstić information content (AvgIpc) is 3.37. The highest BCUT2D eigenvalue weighted by molar-refractivity contribution is 6.03. The van der Waals surface area contributed by atoms with Gasteiger partial charge in [0.25, 0.3) is 0 Å². The minimum Gasteiger partial charge on any atom is -0.494 e. The van der Waals surface area contributed by atoms with Gasteiger partial charge in [-0.3, -0.25) is 4.79 Å². The van der Waals surface area contributed by atoms with Crippen LogP contribution in [0, 0.1) is 5.82 Å². The summed E-state index contributed by atoms with van der Waals surface area (Å²) < 4.78 is 32.5. The number of ether oxygens (including phenoxy) is 3. The van der Waals surface area contributed by atoms with E-state index in [-0.39, 0.29) is 23.2 Å². The van der Waals surface area contributed by atoms with Gasteiger partial charge in [-0.2, -0.15) is 4.68 Å². The van der Waals surface area contributed by atoms with Gasteiger partial charge in [-0.1, -0.05) is 6.08 Å². The molecular formula is C29H32FN7O5. The van der Waals surface area contributed by atoms with Crippen LogP contribution in [0.25, 0.3) is 10.9 Å². The molecule has 4 aromatic rings. The fourth-order valence-corrected chi connectivity index (χ4v) is 3.68. The fourth-order valence-electron chi connectivity index (χ4n) is 3.68. The van der Waals surface area contributed by atoms with Crippen molar-refractivity contribution in [3.63, 3.8) is 0 Å². The van der Waals surface area contributed by atoms with Gasteiger partial charge in [-0.25, -0.2) is 19.2 Å². The third-order valence-electron chi connectivity index (χ3n) is 5.52. The predicted molar refractivity (Wildman–Crippen MR) is 156 cm³/mol. The molecule has 1 amide bonds. The van der Waals surface area contributed by atoms with Crippen LogP contribution in [-0.2, 0) is 9.53 Å². The van der Waals surface area contributed by atoms with Crippen molar-refractivity contribution >= 4 is 40.1 Å². The average molecular weight is 578 g/mol. The van der Waals surface area contributed by atoms with E-state index in [0.29, 0.717) is 34.7 Å². The second kappa shape index (κ2) is 12.6. The molecule has 220 valence electrons. The molecule has 0 atom stereocenters. The van der Waals surface area contributed by atoms with Crippen LogP contribution in [0.4, 0.5) is 26.4 Å². The number of hydrogen-bond donors (Lipinski definition) is 2. The summed E-state index contributed by atoms with van der Waals surface area (Å²) in [5.41, 5.74) is 0.355. The number of anilines is 3. The summed E-state index contributed by atoms with van der Waals surface area (Å²) in [7, 11) is 5.28. The molecule has 0 aliphatic rings. The van der Waals surface area contributed by atoms with E-state index >= 15 is 4.39 Å². The van der Waals surface area contributed by atoms with Crippen molar-refractivity contribution in [3.05, 3.63) is 66.9 Å². The summed E-state index contributed by atoms with van der Waals surface area (Å²) in [6.07, 6.45) is 5.23. The molecule has 0 unspecified atom stereocenters. The van der Waals surface area contributed by atoms with Crippen LogP contribution >= 0.6 is 0 Å². The Labute approximate surface area is 242 Å². The lowest BCUT2D eigenvalue weighted by atomic mass is 10.1. The van der Waals surface area contributed by atoms with E-state index in [4.69, 9.17) is 14.2 Å². The Morgan fingerprint density at radius 1 is 1.10 bits per heavy atom. The maximum atomic E-state index is 15.1. The summed E-state index contributed by atoms with van der Waals surface area (Å²) in [6, 6.07) is 8.97. The number of methoxy groups -OCH3 is 1. The van der Waals surface area contributed by atoms with E-state index < -0.39 is 17.5 Å². The number of halogens is 1. The van der Waals surface area contributed by atoms with E-state index in [9.17, 15) is 9.59 Å². The second-order valence-electron chi connectivity index (χ2n) is 10.4. The second-order valence-corrected chi connectivity index (χ2v) is 10.4. The molecule has 0 aliphatic carbocycles. The van der Waals surface area contributed by atoms with E-state index in [2.05, 4.69) is 25.7 Å². The molecule has 0 saturated carbocycles. The molecule has 2 N–H and O–H groups in total. The standard InChI is InChI=1S/C29H32FN7O5/c1-29(2,3)42-28(39)37-13-11-26(35-37)41-18-9-10-21(20(30)14-18)34-27-19-15-23(33-25(38)8-7-12-36(4)5)24(40-6)16-22(19)31-17-32-27/h7-11,13-17H,12H2,1-6H3,(H,33,38)(H,31,32,34)/b8-7+. The highest BCUT2D eigenvalue weighted by Crippen LogP contribution is 2.34. The van der Waals surface area contributed by atoms with Crippen LogP contribution in [0.2, 0.25) is 0 Å². The van der Waals surface area contributed by atoms with Gasteiger partial charge >= 0.3 is 6.09 Å². The van der Waals surface area contributed by atoms with E-state index in [1.807, 2.05) is 19.0 Å². The Balaban J connectivity index is 1.52. The minimum absolute atomic E-state index is 0.0860. The number of nitrogens with zero attached hydrogens (tertiary/aromatic N) is 5. The van der Waals surface area contributed by atoms with Crippen LogP contribution in [0.1, 0.15) is 20.8 Å². The smallest absolute Gasteiger partial charge is 0.435 e. The molecule has 0 aliphatic heterocycles. The quantitative estimate of drug-likeness (QED) is 0.251. The van der Waals surface area contributed by atoms with Gasteiger partial charge in [0.05, 0.1) is 24.0 Å². The number of carbonyl (C=O) groups excluding carboxylic acids is 2. The molecule has 0 bridgehead atoms. The predicted octanol–water partition coefficient (Wildman–Crippen LogP) is 5.35. The number of fused-ring (bicyclic) bond motifs is 1. The normalized spacial score (nSPS) is 11.6. The fraction of sp³-hybridized carbons (Fsp3) is 0.276. The van der Waals surface area contributed by atoms with Crippen LogP contribution in [-0.4, -0.2) is 70.0 Å². The molecule has 0 fully saturated rings. The number of likely N-dealkylation sites (N-methyl/N-ethyl adjacent to an activating group) is 1. The molecule has 2 heterocycles. The third-order valence-corrected chi connectivity index (χ3v) is 5.52. The van der Waals surface area contributed by atoms with Gasteiger partial charge in [-0.05, 0) is 53.1 Å². The zero-order valence-corrected chi connectivity index (χ0v) is 24.1. The van der Waals surface area contributed by atoms with Gasteiger partial charge in [0, 0.05) is 42.4 Å². The first-order valence-electron chi connectivity index (χ1n) is 12.9. The van der Waals surface area contributed by atoms with Gasteiger partial charge < -0.3 is 29.7 Å². The zero-order valence-electron chi connectivity index (χ0n) is 24.1. The largest absolute Gasteiger partial charge is 0.494 e. The highest BCUT2D eigenvalue weighted by atomic mass is 19.1. The highest BCUT2D eigenvalue weighted by Gasteiger charge is 2.19. The molecule has 42 heavy (non-hydrogen) atoms. The zero-order chi connectivity index (χ0) is 30.4. The van der Waals surface area contributed by atoms with Crippen molar-refractivity contribution in [3.8, 4) is 17.4 Å². The van der Waals surface area contributed by atoms with Crippen molar-refractivity contribution in [2.24, 2.45) is 0 Å². The lowest BCUT2D eigenvalue weighted by Gasteiger charge is -2.18. The summed E-state index contributed by atoms with van der Waals surface area (Å²) in [4.78, 5) is 35.1. The van der Waals surface area contributed by atoms with Crippen molar-refractivity contribution < 1.29 is 28.2 Å². The number of nitrogens with one attached hydrogen (secondary N) is 2. The summed E-state index contributed by atoms with van der Waals surface area (Å²) in [5.74, 6) is 0.00513. The SMILES string of the molecule is COc1cc2ncnc(Nc3ccc(Oc4ccn(C(=O)OC(C)(C)C)n4)cc3F)c2cc1NC(=O)/C=C/CN(C)C. The number of hydrogen-bond acceptors (Lipinski definition) is 10. The Kier molecular flexibility index (Phi) is 9.01. The topological polar surface area (TPSA) is 133 Å². The molecule has 2 aromatic heterocycles. The summed E-state index contributed by atoms with van der Waals surface area (Å²) >= 11 is 0. The Hall–Kier alpha value is -5.04. The first-order chi connectivity index (χ1) is 19.9. The Bertz CT molecular complexity index is 1630. The van der Waals surface area contributed by atoms with Crippen LogP contribution in [0.15, 0.2) is 61.1 Å². The van der Waals surface area contributed by atoms with Crippen LogP contribution in [0.3, 0.4) is 0 Å².